The molecule has 0 atom stereocenters. The zero-order valence-corrected chi connectivity index (χ0v) is 17.6. The SMILES string of the molecule is COC(=O)c1ccc(C2CC2)c(S(=O)(=O)Nc2cc(C#N)ccc2-c2ccsn2)c1. The quantitative estimate of drug-likeness (QED) is 0.578. The largest absolute Gasteiger partial charge is 0.465 e. The van der Waals surface area contributed by atoms with Crippen LogP contribution in [-0.4, -0.2) is 25.9 Å². The van der Waals surface area contributed by atoms with Gasteiger partial charge in [-0.05, 0) is 72.3 Å². The van der Waals surface area contributed by atoms with Crippen molar-refractivity contribution in [1.82, 2.24) is 4.37 Å². The number of rotatable bonds is 6. The standard InChI is InChI=1S/C21H17N3O4S2/c1-28-21(25)15-5-7-16(14-3-4-14)20(11-15)30(26,27)24-19-10-13(12-22)2-6-17(19)18-8-9-29-23-18/h2,5-11,14,24H,3-4H2,1H3. The van der Waals surface area contributed by atoms with Crippen molar-refractivity contribution >= 4 is 33.2 Å². The molecule has 0 unspecified atom stereocenters. The van der Waals surface area contributed by atoms with E-state index in [0.717, 1.165) is 12.8 Å². The number of nitriles is 1. The van der Waals surface area contributed by atoms with Gasteiger partial charge >= 0.3 is 5.97 Å². The number of benzene rings is 2. The van der Waals surface area contributed by atoms with Gasteiger partial charge in [-0.3, -0.25) is 4.72 Å². The van der Waals surface area contributed by atoms with Crippen LogP contribution in [-0.2, 0) is 14.8 Å². The smallest absolute Gasteiger partial charge is 0.337 e. The minimum Gasteiger partial charge on any atom is -0.465 e. The molecular formula is C21H17N3O4S2. The van der Waals surface area contributed by atoms with Crippen molar-refractivity contribution in [3.05, 3.63) is 64.5 Å². The second kappa shape index (κ2) is 7.89. The summed E-state index contributed by atoms with van der Waals surface area (Å²) in [4.78, 5) is 12.0. The molecule has 0 amide bonds. The number of anilines is 1. The van der Waals surface area contributed by atoms with Gasteiger partial charge in [0.05, 0.1) is 40.6 Å². The van der Waals surface area contributed by atoms with Gasteiger partial charge in [0.15, 0.2) is 0 Å². The van der Waals surface area contributed by atoms with Crippen LogP contribution >= 0.6 is 11.5 Å². The van der Waals surface area contributed by atoms with Crippen LogP contribution in [0.2, 0.25) is 0 Å². The average Bonchev–Trinajstić information content (AvgIpc) is 3.46. The van der Waals surface area contributed by atoms with E-state index in [0.29, 0.717) is 22.4 Å². The number of methoxy groups -OCH3 is 1. The number of nitrogens with one attached hydrogen (secondary N) is 1. The summed E-state index contributed by atoms with van der Waals surface area (Å²) in [6, 6.07) is 13.2. The number of carbonyl (C=O) groups is 1. The number of esters is 1. The van der Waals surface area contributed by atoms with Crippen LogP contribution in [0.1, 0.15) is 40.2 Å². The number of sulfonamides is 1. The predicted octanol–water partition coefficient (Wildman–Crippen LogP) is 4.15. The fraction of sp³-hybridized carbons (Fsp3) is 0.190. The lowest BCUT2D eigenvalue weighted by Gasteiger charge is -2.15. The number of carbonyl (C=O) groups excluding carboxylic acids is 1. The van der Waals surface area contributed by atoms with Gasteiger partial charge in [0.25, 0.3) is 10.0 Å². The van der Waals surface area contributed by atoms with E-state index in [4.69, 9.17) is 4.74 Å². The maximum Gasteiger partial charge on any atom is 0.337 e. The minimum atomic E-state index is -4.04. The van der Waals surface area contributed by atoms with Crippen LogP contribution < -0.4 is 4.72 Å². The van der Waals surface area contributed by atoms with Gasteiger partial charge in [-0.25, -0.2) is 13.2 Å². The molecule has 4 rings (SSSR count). The van der Waals surface area contributed by atoms with Crippen molar-refractivity contribution in [1.29, 1.82) is 5.26 Å². The summed E-state index contributed by atoms with van der Waals surface area (Å²) in [6.07, 6.45) is 1.79. The molecule has 2 aromatic carbocycles. The van der Waals surface area contributed by atoms with Gasteiger partial charge in [0.2, 0.25) is 0 Å². The number of ether oxygens (including phenoxy) is 1. The van der Waals surface area contributed by atoms with Crippen LogP contribution in [0.5, 0.6) is 0 Å². The molecule has 0 spiro atoms. The summed E-state index contributed by atoms with van der Waals surface area (Å²) < 4.78 is 38.4. The normalized spacial score (nSPS) is 13.5. The van der Waals surface area contributed by atoms with E-state index >= 15 is 0 Å². The van der Waals surface area contributed by atoms with E-state index in [1.165, 1.54) is 30.8 Å². The summed E-state index contributed by atoms with van der Waals surface area (Å²) in [7, 11) is -2.80. The van der Waals surface area contributed by atoms with Crippen LogP contribution in [0.25, 0.3) is 11.3 Å². The van der Waals surface area contributed by atoms with Gasteiger partial charge < -0.3 is 4.74 Å². The molecule has 1 aliphatic rings. The molecule has 9 heteroatoms. The Balaban J connectivity index is 1.81. The van der Waals surface area contributed by atoms with Crippen molar-refractivity contribution in [3.63, 3.8) is 0 Å². The molecule has 7 nitrogen and oxygen atoms in total. The first-order valence-corrected chi connectivity index (χ1v) is 11.4. The Morgan fingerprint density at radius 2 is 2.03 bits per heavy atom. The van der Waals surface area contributed by atoms with Crippen molar-refractivity contribution in [3.8, 4) is 17.3 Å². The highest BCUT2D eigenvalue weighted by Gasteiger charge is 2.31. The van der Waals surface area contributed by atoms with E-state index in [1.54, 1.807) is 35.7 Å². The average molecular weight is 440 g/mol. The third-order valence-electron chi connectivity index (χ3n) is 4.85. The van der Waals surface area contributed by atoms with E-state index in [1.807, 2.05) is 6.07 Å². The van der Waals surface area contributed by atoms with Crippen molar-refractivity contribution in [2.75, 3.05) is 11.8 Å². The Morgan fingerprint density at radius 3 is 2.67 bits per heavy atom. The van der Waals surface area contributed by atoms with Crippen LogP contribution in [0.15, 0.2) is 52.7 Å². The molecule has 0 bridgehead atoms. The monoisotopic (exact) mass is 439 g/mol. The predicted molar refractivity (Wildman–Crippen MR) is 113 cm³/mol. The fourth-order valence-corrected chi connectivity index (χ4v) is 5.14. The van der Waals surface area contributed by atoms with Crippen molar-refractivity contribution in [2.45, 2.75) is 23.7 Å². The lowest BCUT2D eigenvalue weighted by atomic mass is 10.1. The van der Waals surface area contributed by atoms with Gasteiger partial charge in [-0.15, -0.1) is 0 Å². The number of aromatic nitrogens is 1. The number of nitrogens with zero attached hydrogens (tertiary/aromatic N) is 2. The molecule has 1 heterocycles. The molecule has 1 aromatic heterocycles. The highest BCUT2D eigenvalue weighted by molar-refractivity contribution is 7.92. The molecule has 30 heavy (non-hydrogen) atoms. The Bertz CT molecular complexity index is 1260. The number of hydrogen-bond donors (Lipinski definition) is 1. The Labute approximate surface area is 178 Å². The first kappa shape index (κ1) is 20.1. The summed E-state index contributed by atoms with van der Waals surface area (Å²) in [5, 5.41) is 11.0. The van der Waals surface area contributed by atoms with Gasteiger partial charge in [-0.2, -0.15) is 9.64 Å². The molecule has 1 aliphatic carbocycles. The Morgan fingerprint density at radius 1 is 1.23 bits per heavy atom. The molecular weight excluding hydrogens is 422 g/mol. The summed E-state index contributed by atoms with van der Waals surface area (Å²) >= 11 is 1.25. The molecule has 152 valence electrons. The van der Waals surface area contributed by atoms with E-state index in [-0.39, 0.29) is 22.1 Å². The second-order valence-electron chi connectivity index (χ2n) is 6.88. The third kappa shape index (κ3) is 3.92. The maximum absolute atomic E-state index is 13.4. The molecule has 1 saturated carbocycles. The first-order chi connectivity index (χ1) is 14.4. The molecule has 0 radical (unpaired) electrons. The second-order valence-corrected chi connectivity index (χ2v) is 9.20. The minimum absolute atomic E-state index is 0.0412. The Hall–Kier alpha value is -3.22. The van der Waals surface area contributed by atoms with Gasteiger partial charge in [0.1, 0.15) is 0 Å². The van der Waals surface area contributed by atoms with Crippen molar-refractivity contribution in [2.24, 2.45) is 0 Å². The molecule has 0 aliphatic heterocycles. The molecule has 0 saturated heterocycles. The Kier molecular flexibility index (Phi) is 5.28. The highest BCUT2D eigenvalue weighted by atomic mass is 32.2. The lowest BCUT2D eigenvalue weighted by molar-refractivity contribution is 0.0600. The van der Waals surface area contributed by atoms with Crippen LogP contribution in [0.4, 0.5) is 5.69 Å². The van der Waals surface area contributed by atoms with E-state index in [2.05, 4.69) is 9.10 Å². The first-order valence-electron chi connectivity index (χ1n) is 9.13. The molecule has 1 fully saturated rings. The summed E-state index contributed by atoms with van der Waals surface area (Å²) in [5.74, 6) is -0.463. The number of hydrogen-bond acceptors (Lipinski definition) is 7. The summed E-state index contributed by atoms with van der Waals surface area (Å²) in [5.41, 5.74) is 2.57. The van der Waals surface area contributed by atoms with E-state index in [9.17, 15) is 18.5 Å². The third-order valence-corrected chi connectivity index (χ3v) is 6.83. The highest BCUT2D eigenvalue weighted by Crippen LogP contribution is 2.43. The lowest BCUT2D eigenvalue weighted by Crippen LogP contribution is -2.17. The van der Waals surface area contributed by atoms with Gasteiger partial charge in [-0.1, -0.05) is 6.07 Å². The van der Waals surface area contributed by atoms with Crippen LogP contribution in [0.3, 0.4) is 0 Å². The zero-order valence-electron chi connectivity index (χ0n) is 16.0. The summed E-state index contributed by atoms with van der Waals surface area (Å²) in [6.45, 7) is 0. The fourth-order valence-electron chi connectivity index (χ4n) is 3.22. The molecule has 1 N–H and O–H groups in total. The molecule has 3 aromatic rings. The topological polar surface area (TPSA) is 109 Å². The zero-order chi connectivity index (χ0) is 21.3. The maximum atomic E-state index is 13.4. The van der Waals surface area contributed by atoms with Gasteiger partial charge in [0, 0.05) is 10.9 Å². The van der Waals surface area contributed by atoms with E-state index < -0.39 is 16.0 Å². The van der Waals surface area contributed by atoms with Crippen LogP contribution in [0, 0.1) is 11.3 Å². The van der Waals surface area contributed by atoms with Crippen molar-refractivity contribution < 1.29 is 17.9 Å².